The maximum Gasteiger partial charge on any atom is 0.126 e. The Morgan fingerprint density at radius 2 is 1.83 bits per heavy atom. The number of benzene rings is 1. The monoisotopic (exact) mass is 274 g/mol. The summed E-state index contributed by atoms with van der Waals surface area (Å²) in [5.74, 6) is -0.0762. The van der Waals surface area contributed by atoms with Crippen LogP contribution >= 0.6 is 11.8 Å². The van der Waals surface area contributed by atoms with Gasteiger partial charge >= 0.3 is 0 Å². The molecule has 18 heavy (non-hydrogen) atoms. The molecular formula is C13H20F2N2S. The predicted octanol–water partition coefficient (Wildman–Crippen LogP) is 2.65. The third-order valence-electron chi connectivity index (χ3n) is 2.81. The van der Waals surface area contributed by atoms with Crippen LogP contribution < -0.4 is 5.73 Å². The van der Waals surface area contributed by atoms with Gasteiger partial charge in [0.05, 0.1) is 0 Å². The van der Waals surface area contributed by atoms with E-state index in [1.807, 2.05) is 7.05 Å². The summed E-state index contributed by atoms with van der Waals surface area (Å²) in [4.78, 5) is 2.17. The van der Waals surface area contributed by atoms with Gasteiger partial charge in [0.2, 0.25) is 0 Å². The molecule has 0 aromatic heterocycles. The van der Waals surface area contributed by atoms with Crippen LogP contribution in [-0.2, 0) is 0 Å². The standard InChI is InChI=1S/C13H20F2N2S/c1-17(5-6-18-2)4-3-13(16)10-7-11(14)9-12(15)8-10/h7-9,13H,3-6,16H2,1-2H3. The molecule has 1 aromatic rings. The highest BCUT2D eigenvalue weighted by atomic mass is 32.2. The van der Waals surface area contributed by atoms with Crippen molar-refractivity contribution in [3.8, 4) is 0 Å². The fourth-order valence-electron chi connectivity index (χ4n) is 1.67. The average Bonchev–Trinajstić information content (AvgIpc) is 2.32. The van der Waals surface area contributed by atoms with Crippen molar-refractivity contribution in [1.29, 1.82) is 0 Å². The van der Waals surface area contributed by atoms with Gasteiger partial charge in [-0.1, -0.05) is 0 Å². The maximum absolute atomic E-state index is 13.0. The molecule has 0 fully saturated rings. The van der Waals surface area contributed by atoms with E-state index in [1.54, 1.807) is 11.8 Å². The second-order valence-electron chi connectivity index (χ2n) is 4.39. The number of nitrogens with two attached hydrogens (primary N) is 1. The Morgan fingerprint density at radius 1 is 1.22 bits per heavy atom. The van der Waals surface area contributed by atoms with E-state index in [0.717, 1.165) is 24.9 Å². The normalized spacial score (nSPS) is 13.0. The number of hydrogen-bond acceptors (Lipinski definition) is 3. The minimum absolute atomic E-state index is 0.327. The smallest absolute Gasteiger partial charge is 0.126 e. The summed E-state index contributed by atoms with van der Waals surface area (Å²) < 4.78 is 26.1. The molecule has 1 aromatic carbocycles. The van der Waals surface area contributed by atoms with E-state index < -0.39 is 11.6 Å². The lowest BCUT2D eigenvalue weighted by molar-refractivity contribution is 0.337. The molecule has 0 saturated heterocycles. The first kappa shape index (κ1) is 15.4. The Balaban J connectivity index is 2.47. The Bertz CT molecular complexity index is 354. The first-order chi connectivity index (χ1) is 8.52. The van der Waals surface area contributed by atoms with E-state index in [-0.39, 0.29) is 6.04 Å². The zero-order valence-electron chi connectivity index (χ0n) is 10.8. The van der Waals surface area contributed by atoms with Crippen LogP contribution in [0.25, 0.3) is 0 Å². The Kier molecular flexibility index (Phi) is 6.60. The molecule has 102 valence electrons. The summed E-state index contributed by atoms with van der Waals surface area (Å²) >= 11 is 1.79. The van der Waals surface area contributed by atoms with Crippen molar-refractivity contribution in [2.75, 3.05) is 32.1 Å². The van der Waals surface area contributed by atoms with Gasteiger partial charge in [-0.2, -0.15) is 11.8 Å². The van der Waals surface area contributed by atoms with Gasteiger partial charge in [0, 0.05) is 24.4 Å². The summed E-state index contributed by atoms with van der Waals surface area (Å²) in [5.41, 5.74) is 6.46. The number of nitrogens with zero attached hydrogens (tertiary/aromatic N) is 1. The third-order valence-corrected chi connectivity index (χ3v) is 3.40. The van der Waals surface area contributed by atoms with Crippen molar-refractivity contribution < 1.29 is 8.78 Å². The Hall–Kier alpha value is -0.650. The van der Waals surface area contributed by atoms with E-state index >= 15 is 0 Å². The highest BCUT2D eigenvalue weighted by Gasteiger charge is 2.10. The molecule has 0 aliphatic heterocycles. The molecule has 1 rings (SSSR count). The molecule has 0 aliphatic carbocycles. The van der Waals surface area contributed by atoms with Gasteiger partial charge in [0.1, 0.15) is 11.6 Å². The predicted molar refractivity (Wildman–Crippen MR) is 73.8 cm³/mol. The van der Waals surface area contributed by atoms with E-state index in [2.05, 4.69) is 11.2 Å². The van der Waals surface area contributed by atoms with Gasteiger partial charge in [-0.05, 0) is 44.0 Å². The highest BCUT2D eigenvalue weighted by Crippen LogP contribution is 2.17. The lowest BCUT2D eigenvalue weighted by Gasteiger charge is -2.19. The maximum atomic E-state index is 13.0. The summed E-state index contributed by atoms with van der Waals surface area (Å²) in [7, 11) is 2.02. The molecule has 0 heterocycles. The number of rotatable bonds is 7. The molecule has 2 nitrogen and oxygen atoms in total. The lowest BCUT2D eigenvalue weighted by Crippen LogP contribution is -2.25. The largest absolute Gasteiger partial charge is 0.324 e. The zero-order valence-corrected chi connectivity index (χ0v) is 11.6. The van der Waals surface area contributed by atoms with Crippen molar-refractivity contribution in [2.45, 2.75) is 12.5 Å². The highest BCUT2D eigenvalue weighted by molar-refractivity contribution is 7.98. The van der Waals surface area contributed by atoms with Crippen molar-refractivity contribution in [2.24, 2.45) is 5.73 Å². The first-order valence-corrected chi connectivity index (χ1v) is 7.31. The van der Waals surface area contributed by atoms with Gasteiger partial charge < -0.3 is 10.6 Å². The van der Waals surface area contributed by atoms with E-state index in [1.165, 1.54) is 12.1 Å². The molecule has 0 aliphatic rings. The first-order valence-electron chi connectivity index (χ1n) is 5.92. The van der Waals surface area contributed by atoms with Crippen molar-refractivity contribution >= 4 is 11.8 Å². The number of hydrogen-bond donors (Lipinski definition) is 1. The van der Waals surface area contributed by atoms with Crippen molar-refractivity contribution in [1.82, 2.24) is 4.90 Å². The van der Waals surface area contributed by atoms with E-state index in [4.69, 9.17) is 5.73 Å². The second kappa shape index (κ2) is 7.71. The van der Waals surface area contributed by atoms with Crippen LogP contribution in [0.1, 0.15) is 18.0 Å². The van der Waals surface area contributed by atoms with Crippen molar-refractivity contribution in [3.63, 3.8) is 0 Å². The van der Waals surface area contributed by atoms with Crippen molar-refractivity contribution in [3.05, 3.63) is 35.4 Å². The van der Waals surface area contributed by atoms with Crippen LogP contribution in [0.2, 0.25) is 0 Å². The van der Waals surface area contributed by atoms with Crippen LogP contribution in [0.15, 0.2) is 18.2 Å². The Labute approximate surface area is 112 Å². The average molecular weight is 274 g/mol. The van der Waals surface area contributed by atoms with Crippen LogP contribution in [0.4, 0.5) is 8.78 Å². The van der Waals surface area contributed by atoms with Crippen LogP contribution in [0.5, 0.6) is 0 Å². The van der Waals surface area contributed by atoms with Crippen LogP contribution in [-0.4, -0.2) is 37.0 Å². The molecule has 1 atom stereocenters. The summed E-state index contributed by atoms with van der Waals surface area (Å²) in [6.45, 7) is 1.81. The summed E-state index contributed by atoms with van der Waals surface area (Å²) in [6.07, 6.45) is 2.75. The van der Waals surface area contributed by atoms with Gasteiger partial charge in [0.15, 0.2) is 0 Å². The summed E-state index contributed by atoms with van der Waals surface area (Å²) in [5, 5.41) is 0. The van der Waals surface area contributed by atoms with Gasteiger partial charge in [-0.25, -0.2) is 8.78 Å². The minimum Gasteiger partial charge on any atom is -0.324 e. The molecule has 0 bridgehead atoms. The quantitative estimate of drug-likeness (QED) is 0.829. The summed E-state index contributed by atoms with van der Waals surface area (Å²) in [6, 6.07) is 3.14. The molecule has 0 spiro atoms. The lowest BCUT2D eigenvalue weighted by atomic mass is 10.0. The van der Waals surface area contributed by atoms with E-state index in [9.17, 15) is 8.78 Å². The van der Waals surface area contributed by atoms with Gasteiger partial charge in [0.25, 0.3) is 0 Å². The molecule has 0 saturated carbocycles. The second-order valence-corrected chi connectivity index (χ2v) is 5.38. The fraction of sp³-hybridized carbons (Fsp3) is 0.538. The molecule has 5 heteroatoms. The number of thioether (sulfide) groups is 1. The Morgan fingerprint density at radius 3 is 2.39 bits per heavy atom. The topological polar surface area (TPSA) is 29.3 Å². The van der Waals surface area contributed by atoms with E-state index in [0.29, 0.717) is 12.0 Å². The van der Waals surface area contributed by atoms with Crippen LogP contribution in [0.3, 0.4) is 0 Å². The molecule has 2 N–H and O–H groups in total. The minimum atomic E-state index is -0.573. The molecule has 0 radical (unpaired) electrons. The molecular weight excluding hydrogens is 254 g/mol. The SMILES string of the molecule is CSCCN(C)CCC(N)c1cc(F)cc(F)c1. The molecule has 1 unspecified atom stereocenters. The van der Waals surface area contributed by atoms with Gasteiger partial charge in [-0.15, -0.1) is 0 Å². The number of halogens is 2. The third kappa shape index (κ3) is 5.33. The molecule has 0 amide bonds. The van der Waals surface area contributed by atoms with Crippen LogP contribution in [0, 0.1) is 11.6 Å². The van der Waals surface area contributed by atoms with Gasteiger partial charge in [-0.3, -0.25) is 0 Å². The fourth-order valence-corrected chi connectivity index (χ4v) is 2.17. The zero-order chi connectivity index (χ0) is 13.5.